The van der Waals surface area contributed by atoms with Crippen LogP contribution in [0.25, 0.3) is 0 Å². The fraction of sp³-hybridized carbons (Fsp3) is 0.294. The molecule has 2 rings (SSSR count). The number of hydrogen-bond donors (Lipinski definition) is 1. The number of anilines is 1. The minimum Gasteiger partial charge on any atom is -0.493 e. The molecule has 0 unspecified atom stereocenters. The molecule has 3 heteroatoms. The number of methoxy groups -OCH3 is 1. The Labute approximate surface area is 120 Å². The van der Waals surface area contributed by atoms with Crippen molar-refractivity contribution in [1.29, 1.82) is 0 Å². The molecule has 0 aliphatic rings. The molecular formula is C17H21NO2. The van der Waals surface area contributed by atoms with Crippen LogP contribution in [0.15, 0.2) is 48.5 Å². The summed E-state index contributed by atoms with van der Waals surface area (Å²) in [5.74, 6) is 1.62. The number of nitrogens with one attached hydrogen (secondary N) is 1. The van der Waals surface area contributed by atoms with Gasteiger partial charge in [0.15, 0.2) is 11.5 Å². The van der Waals surface area contributed by atoms with Gasteiger partial charge in [0.05, 0.1) is 13.7 Å². The predicted octanol–water partition coefficient (Wildman–Crippen LogP) is 4.10. The summed E-state index contributed by atoms with van der Waals surface area (Å²) in [6.45, 7) is 3.50. The zero-order valence-electron chi connectivity index (χ0n) is 12.1. The molecule has 106 valence electrons. The molecular weight excluding hydrogens is 250 g/mol. The lowest BCUT2D eigenvalue weighted by Gasteiger charge is -2.15. The topological polar surface area (TPSA) is 30.5 Å². The first kappa shape index (κ1) is 14.3. The van der Waals surface area contributed by atoms with Gasteiger partial charge in [0.1, 0.15) is 0 Å². The molecule has 0 saturated carbocycles. The summed E-state index contributed by atoms with van der Waals surface area (Å²) in [6.07, 6.45) is 0.976. The average Bonchev–Trinajstić information content (AvgIpc) is 2.52. The second-order valence-electron chi connectivity index (χ2n) is 4.52. The molecule has 0 spiro atoms. The third-order valence-electron chi connectivity index (χ3n) is 2.99. The van der Waals surface area contributed by atoms with Crippen molar-refractivity contribution in [3.8, 4) is 11.5 Å². The molecule has 0 saturated heterocycles. The Morgan fingerprint density at radius 1 is 1.00 bits per heavy atom. The number of rotatable bonds is 7. The van der Waals surface area contributed by atoms with Gasteiger partial charge in [0.25, 0.3) is 0 Å². The van der Waals surface area contributed by atoms with Gasteiger partial charge >= 0.3 is 0 Å². The van der Waals surface area contributed by atoms with Crippen LogP contribution in [0, 0.1) is 0 Å². The quantitative estimate of drug-likeness (QED) is 0.822. The number of para-hydroxylation sites is 2. The van der Waals surface area contributed by atoms with E-state index < -0.39 is 0 Å². The van der Waals surface area contributed by atoms with Crippen LogP contribution < -0.4 is 14.8 Å². The van der Waals surface area contributed by atoms with Crippen molar-refractivity contribution in [2.24, 2.45) is 0 Å². The maximum absolute atomic E-state index is 5.83. The normalized spacial score (nSPS) is 10.1. The van der Waals surface area contributed by atoms with Gasteiger partial charge in [-0.05, 0) is 24.6 Å². The van der Waals surface area contributed by atoms with Gasteiger partial charge in [-0.15, -0.1) is 0 Å². The van der Waals surface area contributed by atoms with Gasteiger partial charge in [-0.1, -0.05) is 37.3 Å². The van der Waals surface area contributed by atoms with Crippen LogP contribution in [0.3, 0.4) is 0 Å². The second kappa shape index (κ2) is 7.43. The van der Waals surface area contributed by atoms with E-state index in [0.717, 1.165) is 29.2 Å². The molecule has 0 atom stereocenters. The van der Waals surface area contributed by atoms with Crippen molar-refractivity contribution in [2.45, 2.75) is 19.9 Å². The fourth-order valence-electron chi connectivity index (χ4n) is 1.98. The van der Waals surface area contributed by atoms with Crippen molar-refractivity contribution in [1.82, 2.24) is 0 Å². The first-order chi connectivity index (χ1) is 9.85. The van der Waals surface area contributed by atoms with Crippen molar-refractivity contribution in [3.63, 3.8) is 0 Å². The van der Waals surface area contributed by atoms with Crippen LogP contribution in [0.1, 0.15) is 18.9 Å². The molecule has 0 bridgehead atoms. The molecule has 0 heterocycles. The Balaban J connectivity index is 2.13. The molecule has 1 N–H and O–H groups in total. The van der Waals surface area contributed by atoms with Crippen molar-refractivity contribution in [3.05, 3.63) is 54.1 Å². The van der Waals surface area contributed by atoms with E-state index in [-0.39, 0.29) is 0 Å². The number of ether oxygens (including phenoxy) is 2. The van der Waals surface area contributed by atoms with Crippen molar-refractivity contribution in [2.75, 3.05) is 19.0 Å². The van der Waals surface area contributed by atoms with Gasteiger partial charge in [-0.3, -0.25) is 0 Å². The summed E-state index contributed by atoms with van der Waals surface area (Å²) in [5, 5.41) is 3.39. The molecule has 0 radical (unpaired) electrons. The summed E-state index contributed by atoms with van der Waals surface area (Å²) in [6, 6.07) is 16.1. The van der Waals surface area contributed by atoms with Crippen LogP contribution in [-0.2, 0) is 6.54 Å². The SMILES string of the molecule is CCCOc1c(CNc2ccccc2)cccc1OC. The molecule has 2 aromatic rings. The highest BCUT2D eigenvalue weighted by Crippen LogP contribution is 2.31. The minimum atomic E-state index is 0.693. The lowest BCUT2D eigenvalue weighted by Crippen LogP contribution is -2.05. The zero-order valence-corrected chi connectivity index (χ0v) is 12.1. The van der Waals surface area contributed by atoms with Gasteiger partial charge in [0, 0.05) is 17.8 Å². The lowest BCUT2D eigenvalue weighted by molar-refractivity contribution is 0.291. The van der Waals surface area contributed by atoms with E-state index in [2.05, 4.69) is 18.3 Å². The smallest absolute Gasteiger partial charge is 0.166 e. The van der Waals surface area contributed by atoms with Gasteiger partial charge in [-0.25, -0.2) is 0 Å². The summed E-state index contributed by atoms with van der Waals surface area (Å²) in [4.78, 5) is 0. The van der Waals surface area contributed by atoms with E-state index in [1.807, 2.05) is 42.5 Å². The highest BCUT2D eigenvalue weighted by atomic mass is 16.5. The van der Waals surface area contributed by atoms with Crippen LogP contribution in [-0.4, -0.2) is 13.7 Å². The Morgan fingerprint density at radius 3 is 2.50 bits per heavy atom. The average molecular weight is 271 g/mol. The lowest BCUT2D eigenvalue weighted by atomic mass is 10.1. The third kappa shape index (κ3) is 3.67. The molecule has 0 aliphatic heterocycles. The first-order valence-corrected chi connectivity index (χ1v) is 6.92. The zero-order chi connectivity index (χ0) is 14.2. The first-order valence-electron chi connectivity index (χ1n) is 6.92. The van der Waals surface area contributed by atoms with Gasteiger partial charge in [0.2, 0.25) is 0 Å². The van der Waals surface area contributed by atoms with E-state index in [1.54, 1.807) is 7.11 Å². The predicted molar refractivity (Wildman–Crippen MR) is 82.5 cm³/mol. The van der Waals surface area contributed by atoms with Crippen molar-refractivity contribution >= 4 is 5.69 Å². The van der Waals surface area contributed by atoms with Gasteiger partial charge in [-0.2, -0.15) is 0 Å². The Bertz CT molecular complexity index is 526. The Hall–Kier alpha value is -2.16. The van der Waals surface area contributed by atoms with Crippen LogP contribution in [0.2, 0.25) is 0 Å². The highest BCUT2D eigenvalue weighted by Gasteiger charge is 2.10. The highest BCUT2D eigenvalue weighted by molar-refractivity contribution is 5.50. The summed E-state index contributed by atoms with van der Waals surface area (Å²) >= 11 is 0. The summed E-state index contributed by atoms with van der Waals surface area (Å²) in [7, 11) is 1.67. The Morgan fingerprint density at radius 2 is 1.80 bits per heavy atom. The monoisotopic (exact) mass is 271 g/mol. The largest absolute Gasteiger partial charge is 0.493 e. The van der Waals surface area contributed by atoms with Crippen LogP contribution in [0.4, 0.5) is 5.69 Å². The maximum Gasteiger partial charge on any atom is 0.166 e. The molecule has 2 aromatic carbocycles. The standard InChI is InChI=1S/C17H21NO2/c1-3-12-20-17-14(8-7-11-16(17)19-2)13-18-15-9-5-4-6-10-15/h4-11,18H,3,12-13H2,1-2H3. The number of hydrogen-bond acceptors (Lipinski definition) is 3. The van der Waals surface area contributed by atoms with E-state index in [1.165, 1.54) is 0 Å². The van der Waals surface area contributed by atoms with E-state index in [9.17, 15) is 0 Å². The van der Waals surface area contributed by atoms with E-state index in [0.29, 0.717) is 13.2 Å². The third-order valence-corrected chi connectivity index (χ3v) is 2.99. The van der Waals surface area contributed by atoms with E-state index >= 15 is 0 Å². The molecule has 0 aliphatic carbocycles. The summed E-state index contributed by atoms with van der Waals surface area (Å²) < 4.78 is 11.2. The van der Waals surface area contributed by atoms with Gasteiger partial charge < -0.3 is 14.8 Å². The molecule has 0 fully saturated rings. The minimum absolute atomic E-state index is 0.693. The molecule has 3 nitrogen and oxygen atoms in total. The Kier molecular flexibility index (Phi) is 5.30. The summed E-state index contributed by atoms with van der Waals surface area (Å²) in [5.41, 5.74) is 2.19. The van der Waals surface area contributed by atoms with Crippen LogP contribution >= 0.6 is 0 Å². The number of benzene rings is 2. The molecule has 0 amide bonds. The van der Waals surface area contributed by atoms with Crippen molar-refractivity contribution < 1.29 is 9.47 Å². The maximum atomic E-state index is 5.83. The van der Waals surface area contributed by atoms with E-state index in [4.69, 9.17) is 9.47 Å². The fourth-order valence-corrected chi connectivity index (χ4v) is 1.98. The molecule has 20 heavy (non-hydrogen) atoms. The van der Waals surface area contributed by atoms with Crippen LogP contribution in [0.5, 0.6) is 11.5 Å². The second-order valence-corrected chi connectivity index (χ2v) is 4.52. The molecule has 0 aromatic heterocycles.